The molecule has 0 aliphatic carbocycles. The number of piperidine rings is 1. The number of aryl methyl sites for hydroxylation is 2. The third-order valence-corrected chi connectivity index (χ3v) is 3.83. The second-order valence-corrected chi connectivity index (χ2v) is 5.34. The van der Waals surface area contributed by atoms with E-state index in [0.717, 1.165) is 37.7 Å². The van der Waals surface area contributed by atoms with Gasteiger partial charge in [0.25, 0.3) is 0 Å². The topological polar surface area (TPSA) is 57.7 Å². The minimum atomic E-state index is 0.548. The second kappa shape index (κ2) is 6.67. The molecular weight excluding hydrogens is 238 g/mol. The molecule has 1 aliphatic heterocycles. The van der Waals surface area contributed by atoms with Crippen LogP contribution < -0.4 is 0 Å². The van der Waals surface area contributed by atoms with Gasteiger partial charge in [-0.1, -0.05) is 6.42 Å². The Morgan fingerprint density at radius 3 is 2.89 bits per heavy atom. The molecule has 0 saturated carbocycles. The Bertz CT molecular complexity index is 445. The van der Waals surface area contributed by atoms with E-state index in [-0.39, 0.29) is 0 Å². The molecular formula is C14H23N5. The third-order valence-electron chi connectivity index (χ3n) is 3.83. The zero-order chi connectivity index (χ0) is 13.7. The lowest BCUT2D eigenvalue weighted by atomic mass is 10.0. The lowest BCUT2D eigenvalue weighted by Gasteiger charge is -2.35. The minimum Gasteiger partial charge on any atom is -0.299 e. The number of rotatable bonds is 5. The Hall–Kier alpha value is -1.41. The summed E-state index contributed by atoms with van der Waals surface area (Å²) in [5, 5.41) is 13.1. The van der Waals surface area contributed by atoms with Gasteiger partial charge < -0.3 is 0 Å². The molecule has 1 fully saturated rings. The molecule has 19 heavy (non-hydrogen) atoms. The maximum Gasteiger partial charge on any atom is 0.147 e. The summed E-state index contributed by atoms with van der Waals surface area (Å²) in [6, 6.07) is 2.78. The molecule has 1 unspecified atom stereocenters. The molecule has 1 atom stereocenters. The van der Waals surface area contributed by atoms with Crippen molar-refractivity contribution >= 4 is 0 Å². The number of hydrogen-bond donors (Lipinski definition) is 0. The first kappa shape index (κ1) is 14.0. The highest BCUT2D eigenvalue weighted by Gasteiger charge is 2.23. The van der Waals surface area contributed by atoms with Crippen molar-refractivity contribution in [2.45, 2.75) is 58.5 Å². The van der Waals surface area contributed by atoms with Crippen LogP contribution >= 0.6 is 0 Å². The zero-order valence-electron chi connectivity index (χ0n) is 12.0. The van der Waals surface area contributed by atoms with Crippen molar-refractivity contribution < 1.29 is 0 Å². The van der Waals surface area contributed by atoms with Gasteiger partial charge in [-0.3, -0.25) is 4.90 Å². The fourth-order valence-electron chi connectivity index (χ4n) is 2.86. The number of likely N-dealkylation sites (tertiary alicyclic amines) is 1. The van der Waals surface area contributed by atoms with Crippen LogP contribution in [0.15, 0.2) is 0 Å². The summed E-state index contributed by atoms with van der Waals surface area (Å²) in [7, 11) is 0. The first-order valence-electron chi connectivity index (χ1n) is 7.19. The molecule has 104 valence electrons. The molecule has 1 aromatic rings. The van der Waals surface area contributed by atoms with E-state index in [0.29, 0.717) is 12.5 Å². The van der Waals surface area contributed by atoms with E-state index >= 15 is 0 Å². The summed E-state index contributed by atoms with van der Waals surface area (Å²) in [4.78, 5) is 6.89. The van der Waals surface area contributed by atoms with Gasteiger partial charge in [-0.15, -0.1) is 0 Å². The van der Waals surface area contributed by atoms with E-state index in [2.05, 4.69) is 21.1 Å². The van der Waals surface area contributed by atoms with Crippen LogP contribution in [-0.4, -0.2) is 38.8 Å². The summed E-state index contributed by atoms with van der Waals surface area (Å²) in [6.45, 7) is 7.07. The fourth-order valence-corrected chi connectivity index (χ4v) is 2.86. The monoisotopic (exact) mass is 261 g/mol. The van der Waals surface area contributed by atoms with Crippen molar-refractivity contribution in [1.82, 2.24) is 19.7 Å². The van der Waals surface area contributed by atoms with Crippen LogP contribution in [0.2, 0.25) is 0 Å². The maximum atomic E-state index is 8.65. The van der Waals surface area contributed by atoms with Crippen LogP contribution in [0.3, 0.4) is 0 Å². The number of aromatic nitrogens is 3. The first-order valence-corrected chi connectivity index (χ1v) is 7.19. The Morgan fingerprint density at radius 1 is 1.37 bits per heavy atom. The van der Waals surface area contributed by atoms with Crippen LogP contribution in [0, 0.1) is 25.2 Å². The van der Waals surface area contributed by atoms with Gasteiger partial charge in [0.2, 0.25) is 0 Å². The number of nitrogens with zero attached hydrogens (tertiary/aromatic N) is 5. The predicted molar refractivity (Wildman–Crippen MR) is 73.6 cm³/mol. The van der Waals surface area contributed by atoms with Crippen LogP contribution in [0.4, 0.5) is 0 Å². The molecule has 2 heterocycles. The SMILES string of the molecule is Cc1nc(C)n(CC2CCCCN2CCCC#N)n1. The molecule has 0 bridgehead atoms. The summed E-state index contributed by atoms with van der Waals surface area (Å²) in [6.07, 6.45) is 5.43. The molecule has 5 heteroatoms. The van der Waals surface area contributed by atoms with Gasteiger partial charge in [-0.05, 0) is 46.2 Å². The second-order valence-electron chi connectivity index (χ2n) is 5.34. The van der Waals surface area contributed by atoms with Crippen LogP contribution in [0.1, 0.15) is 43.8 Å². The van der Waals surface area contributed by atoms with Gasteiger partial charge in [0.15, 0.2) is 0 Å². The summed E-state index contributed by atoms with van der Waals surface area (Å²) in [5.41, 5.74) is 0. The maximum absolute atomic E-state index is 8.65. The van der Waals surface area contributed by atoms with Crippen molar-refractivity contribution in [3.63, 3.8) is 0 Å². The standard InChI is InChI=1S/C14H23N5/c1-12-16-13(2)19(17-12)11-14-7-3-5-9-18(14)10-6-4-8-15/h14H,3-7,9-11H2,1-2H3. The molecule has 0 radical (unpaired) electrons. The molecule has 1 saturated heterocycles. The van der Waals surface area contributed by atoms with Gasteiger partial charge in [0.1, 0.15) is 11.6 Å². The van der Waals surface area contributed by atoms with E-state index in [4.69, 9.17) is 5.26 Å². The van der Waals surface area contributed by atoms with E-state index in [9.17, 15) is 0 Å². The molecule has 2 rings (SSSR count). The van der Waals surface area contributed by atoms with Crippen LogP contribution in [0.25, 0.3) is 0 Å². The van der Waals surface area contributed by atoms with Gasteiger partial charge >= 0.3 is 0 Å². The predicted octanol–water partition coefficient (Wildman–Crippen LogP) is 2.05. The molecule has 0 amide bonds. The first-order chi connectivity index (χ1) is 9.20. The largest absolute Gasteiger partial charge is 0.299 e. The molecule has 0 spiro atoms. The molecule has 1 aliphatic rings. The Labute approximate surface area is 115 Å². The Balaban J connectivity index is 1.95. The average Bonchev–Trinajstić information content (AvgIpc) is 2.70. The van der Waals surface area contributed by atoms with Crippen molar-refractivity contribution in [3.05, 3.63) is 11.6 Å². The van der Waals surface area contributed by atoms with E-state index in [1.165, 1.54) is 19.3 Å². The Kier molecular flexibility index (Phi) is 4.92. The molecule has 0 N–H and O–H groups in total. The molecule has 5 nitrogen and oxygen atoms in total. The molecule has 0 aromatic carbocycles. The number of unbranched alkanes of at least 4 members (excludes halogenated alkanes) is 1. The smallest absolute Gasteiger partial charge is 0.147 e. The zero-order valence-corrected chi connectivity index (χ0v) is 12.0. The quantitative estimate of drug-likeness (QED) is 0.761. The highest BCUT2D eigenvalue weighted by Crippen LogP contribution is 2.19. The minimum absolute atomic E-state index is 0.548. The number of hydrogen-bond acceptors (Lipinski definition) is 4. The highest BCUT2D eigenvalue weighted by molar-refractivity contribution is 4.89. The lowest BCUT2D eigenvalue weighted by molar-refractivity contribution is 0.128. The van der Waals surface area contributed by atoms with Crippen molar-refractivity contribution in [1.29, 1.82) is 5.26 Å². The molecule has 1 aromatic heterocycles. The van der Waals surface area contributed by atoms with Crippen molar-refractivity contribution in [3.8, 4) is 6.07 Å². The Morgan fingerprint density at radius 2 is 2.21 bits per heavy atom. The fraction of sp³-hybridized carbons (Fsp3) is 0.786. The van der Waals surface area contributed by atoms with E-state index in [1.54, 1.807) is 0 Å². The van der Waals surface area contributed by atoms with E-state index < -0.39 is 0 Å². The number of nitriles is 1. The van der Waals surface area contributed by atoms with Gasteiger partial charge in [0.05, 0.1) is 12.6 Å². The highest BCUT2D eigenvalue weighted by atomic mass is 15.4. The van der Waals surface area contributed by atoms with Gasteiger partial charge in [-0.25, -0.2) is 9.67 Å². The third kappa shape index (κ3) is 3.77. The van der Waals surface area contributed by atoms with Gasteiger partial charge in [0, 0.05) is 12.5 Å². The normalized spacial score (nSPS) is 20.4. The van der Waals surface area contributed by atoms with Crippen LogP contribution in [0.5, 0.6) is 0 Å². The summed E-state index contributed by atoms with van der Waals surface area (Å²) >= 11 is 0. The van der Waals surface area contributed by atoms with Crippen molar-refractivity contribution in [2.75, 3.05) is 13.1 Å². The summed E-state index contributed by atoms with van der Waals surface area (Å²) in [5.74, 6) is 1.85. The van der Waals surface area contributed by atoms with E-state index in [1.807, 2.05) is 18.5 Å². The summed E-state index contributed by atoms with van der Waals surface area (Å²) < 4.78 is 2.03. The average molecular weight is 261 g/mol. The van der Waals surface area contributed by atoms with Crippen molar-refractivity contribution in [2.24, 2.45) is 0 Å². The van der Waals surface area contributed by atoms with Crippen LogP contribution in [-0.2, 0) is 6.54 Å². The van der Waals surface area contributed by atoms with Gasteiger partial charge in [-0.2, -0.15) is 10.4 Å². The lowest BCUT2D eigenvalue weighted by Crippen LogP contribution is -2.42.